The Labute approximate surface area is 131 Å². The molecule has 0 aliphatic heterocycles. The number of rotatable bonds is 3. The van der Waals surface area contributed by atoms with Gasteiger partial charge >= 0.3 is 5.97 Å². The number of carbonyl (C=O) groups is 1. The van der Waals surface area contributed by atoms with Gasteiger partial charge in [0.2, 0.25) is 0 Å². The van der Waals surface area contributed by atoms with Crippen LogP contribution in [0.2, 0.25) is 0 Å². The number of thiazole rings is 1. The first-order valence-electron chi connectivity index (χ1n) is 6.32. The van der Waals surface area contributed by atoms with Crippen molar-refractivity contribution in [3.8, 4) is 0 Å². The van der Waals surface area contributed by atoms with Gasteiger partial charge in [-0.25, -0.2) is 27.3 Å². The molecule has 0 aliphatic rings. The fraction of sp³-hybridized carbons (Fsp3) is 0.0667. The summed E-state index contributed by atoms with van der Waals surface area (Å²) in [5, 5.41) is 0.433. The maximum atomic E-state index is 13.5. The van der Waals surface area contributed by atoms with Crippen LogP contribution >= 0.6 is 11.3 Å². The number of nitrogens with zero attached hydrogens (tertiary/aromatic N) is 1. The van der Waals surface area contributed by atoms with Gasteiger partial charge in [-0.3, -0.25) is 0 Å². The molecule has 3 nitrogen and oxygen atoms in total. The lowest BCUT2D eigenvalue weighted by Gasteiger charge is -2.05. The zero-order valence-corrected chi connectivity index (χ0v) is 12.1. The first kappa shape index (κ1) is 15.4. The normalized spacial score (nSPS) is 11.0. The highest BCUT2D eigenvalue weighted by Gasteiger charge is 2.24. The van der Waals surface area contributed by atoms with Gasteiger partial charge < -0.3 is 4.74 Å². The molecule has 0 bridgehead atoms. The number of halogens is 4. The predicted molar refractivity (Wildman–Crippen MR) is 75.0 cm³/mol. The van der Waals surface area contributed by atoms with E-state index in [0.29, 0.717) is 10.5 Å². The first-order valence-corrected chi connectivity index (χ1v) is 7.13. The van der Waals surface area contributed by atoms with E-state index in [2.05, 4.69) is 4.98 Å². The van der Waals surface area contributed by atoms with Crippen LogP contribution in [0.25, 0.3) is 10.2 Å². The topological polar surface area (TPSA) is 39.2 Å². The average Bonchev–Trinajstić information content (AvgIpc) is 2.97. The minimum Gasteiger partial charge on any atom is -0.455 e. The van der Waals surface area contributed by atoms with E-state index in [1.54, 1.807) is 12.1 Å². The van der Waals surface area contributed by atoms with Gasteiger partial charge in [-0.15, -0.1) is 11.3 Å². The highest BCUT2D eigenvalue weighted by atomic mass is 32.1. The van der Waals surface area contributed by atoms with E-state index < -0.39 is 34.8 Å². The van der Waals surface area contributed by atoms with Crippen molar-refractivity contribution in [2.45, 2.75) is 6.61 Å². The maximum Gasteiger partial charge on any atom is 0.341 e. The van der Waals surface area contributed by atoms with E-state index in [1.807, 2.05) is 12.1 Å². The summed E-state index contributed by atoms with van der Waals surface area (Å²) >= 11 is 1.26. The van der Waals surface area contributed by atoms with Crippen LogP contribution in [0.4, 0.5) is 17.6 Å². The first-order chi connectivity index (χ1) is 11.0. The Balaban J connectivity index is 1.79. The van der Waals surface area contributed by atoms with Crippen LogP contribution in [0.1, 0.15) is 15.4 Å². The number of ether oxygens (including phenoxy) is 1. The summed E-state index contributed by atoms with van der Waals surface area (Å²) in [5.74, 6) is -8.81. The summed E-state index contributed by atoms with van der Waals surface area (Å²) in [7, 11) is 0. The lowest BCUT2D eigenvalue weighted by Crippen LogP contribution is -2.11. The molecule has 118 valence electrons. The van der Waals surface area contributed by atoms with Crippen molar-refractivity contribution in [2.75, 3.05) is 0 Å². The molecular formula is C15H7F4NO2S. The molecule has 0 atom stereocenters. The molecule has 0 saturated carbocycles. The van der Waals surface area contributed by atoms with Gasteiger partial charge in [-0.05, 0) is 18.2 Å². The molecule has 0 unspecified atom stereocenters. The molecule has 2 aromatic carbocycles. The number of fused-ring (bicyclic) bond motifs is 1. The van der Waals surface area contributed by atoms with Gasteiger partial charge in [0.05, 0.1) is 10.2 Å². The second kappa shape index (κ2) is 5.96. The second-order valence-electron chi connectivity index (χ2n) is 4.50. The Morgan fingerprint density at radius 3 is 2.57 bits per heavy atom. The third-order valence-electron chi connectivity index (χ3n) is 2.99. The molecule has 3 rings (SSSR count). The summed E-state index contributed by atoms with van der Waals surface area (Å²) in [4.78, 5) is 15.9. The van der Waals surface area contributed by atoms with Crippen molar-refractivity contribution < 1.29 is 27.1 Å². The van der Waals surface area contributed by atoms with Crippen LogP contribution in [0.5, 0.6) is 0 Å². The number of hydrogen-bond donors (Lipinski definition) is 0. The Bertz CT molecular complexity index is 877. The van der Waals surface area contributed by atoms with E-state index in [9.17, 15) is 22.4 Å². The summed E-state index contributed by atoms with van der Waals surface area (Å²) in [6.07, 6.45) is 0. The molecule has 0 fully saturated rings. The molecule has 1 aromatic heterocycles. The zero-order chi connectivity index (χ0) is 16.6. The quantitative estimate of drug-likeness (QED) is 0.310. The SMILES string of the molecule is O=C(OCc1nc2ccccc2s1)c1cc(F)c(F)c(F)c1F. The van der Waals surface area contributed by atoms with Gasteiger partial charge in [0.15, 0.2) is 23.3 Å². The molecule has 3 aromatic rings. The largest absolute Gasteiger partial charge is 0.455 e. The molecule has 0 radical (unpaired) electrons. The van der Waals surface area contributed by atoms with Gasteiger partial charge in [0, 0.05) is 0 Å². The van der Waals surface area contributed by atoms with E-state index in [0.717, 1.165) is 4.70 Å². The summed E-state index contributed by atoms with van der Waals surface area (Å²) in [6.45, 7) is -0.293. The van der Waals surface area contributed by atoms with Crippen molar-refractivity contribution in [2.24, 2.45) is 0 Å². The number of aromatic nitrogens is 1. The summed E-state index contributed by atoms with van der Waals surface area (Å²) < 4.78 is 58.2. The van der Waals surface area contributed by atoms with Crippen LogP contribution in [0, 0.1) is 23.3 Å². The molecule has 1 heterocycles. The highest BCUT2D eigenvalue weighted by molar-refractivity contribution is 7.18. The van der Waals surface area contributed by atoms with Crippen LogP contribution in [-0.4, -0.2) is 11.0 Å². The summed E-state index contributed by atoms with van der Waals surface area (Å²) in [5.41, 5.74) is -0.309. The molecule has 0 aliphatic carbocycles. The fourth-order valence-electron chi connectivity index (χ4n) is 1.91. The molecule has 0 N–H and O–H groups in total. The monoisotopic (exact) mass is 341 g/mol. The maximum absolute atomic E-state index is 13.5. The van der Waals surface area contributed by atoms with Crippen LogP contribution < -0.4 is 0 Å². The highest BCUT2D eigenvalue weighted by Crippen LogP contribution is 2.23. The number of benzene rings is 2. The predicted octanol–water partition coefficient (Wildman–Crippen LogP) is 4.21. The fourth-order valence-corrected chi connectivity index (χ4v) is 2.79. The van der Waals surface area contributed by atoms with E-state index in [4.69, 9.17) is 4.74 Å². The minimum absolute atomic E-state index is 0.258. The molecule has 8 heteroatoms. The zero-order valence-electron chi connectivity index (χ0n) is 11.3. The Kier molecular flexibility index (Phi) is 3.99. The van der Waals surface area contributed by atoms with Gasteiger partial charge in [0.1, 0.15) is 17.2 Å². The molecule has 0 saturated heterocycles. The number of esters is 1. The van der Waals surface area contributed by atoms with E-state index >= 15 is 0 Å². The van der Waals surface area contributed by atoms with Crippen molar-refractivity contribution >= 4 is 27.5 Å². The van der Waals surface area contributed by atoms with Gasteiger partial charge in [-0.2, -0.15) is 0 Å². The third-order valence-corrected chi connectivity index (χ3v) is 4.00. The van der Waals surface area contributed by atoms with E-state index in [1.165, 1.54) is 11.3 Å². The standard InChI is InChI=1S/C15H7F4NO2S/c16-8-5-7(12(17)14(19)13(8)18)15(21)22-6-11-20-9-3-1-2-4-10(9)23-11/h1-5H,6H2. The second-order valence-corrected chi connectivity index (χ2v) is 5.61. The van der Waals surface area contributed by atoms with Crippen molar-refractivity contribution in [1.82, 2.24) is 4.98 Å². The van der Waals surface area contributed by atoms with Crippen LogP contribution in [0.3, 0.4) is 0 Å². The van der Waals surface area contributed by atoms with Gasteiger partial charge in [-0.1, -0.05) is 12.1 Å². The average molecular weight is 341 g/mol. The minimum atomic E-state index is -2.06. The molecule has 0 spiro atoms. The molecule has 23 heavy (non-hydrogen) atoms. The number of para-hydroxylation sites is 1. The van der Waals surface area contributed by atoms with Crippen LogP contribution in [-0.2, 0) is 11.3 Å². The lowest BCUT2D eigenvalue weighted by molar-refractivity contribution is 0.0465. The Morgan fingerprint density at radius 1 is 1.09 bits per heavy atom. The van der Waals surface area contributed by atoms with Crippen LogP contribution in [0.15, 0.2) is 30.3 Å². The lowest BCUT2D eigenvalue weighted by atomic mass is 10.2. The Hall–Kier alpha value is -2.48. The Morgan fingerprint density at radius 2 is 1.83 bits per heavy atom. The molecule has 0 amide bonds. The van der Waals surface area contributed by atoms with Crippen molar-refractivity contribution in [3.63, 3.8) is 0 Å². The van der Waals surface area contributed by atoms with Gasteiger partial charge in [0.25, 0.3) is 0 Å². The molecular weight excluding hydrogens is 334 g/mol. The number of hydrogen-bond acceptors (Lipinski definition) is 4. The van der Waals surface area contributed by atoms with Crippen molar-refractivity contribution in [1.29, 1.82) is 0 Å². The summed E-state index contributed by atoms with van der Waals surface area (Å²) in [6, 6.07) is 7.45. The van der Waals surface area contributed by atoms with E-state index in [-0.39, 0.29) is 12.7 Å². The smallest absolute Gasteiger partial charge is 0.341 e. The third kappa shape index (κ3) is 2.89. The number of carbonyl (C=O) groups excluding carboxylic acids is 1. The van der Waals surface area contributed by atoms with Crippen molar-refractivity contribution in [3.05, 3.63) is 64.2 Å².